The van der Waals surface area contributed by atoms with Gasteiger partial charge in [-0.3, -0.25) is 9.97 Å². The van der Waals surface area contributed by atoms with Gasteiger partial charge in [-0.15, -0.1) is 0 Å². The largest absolute Gasteiger partial charge is 0.375 e. The summed E-state index contributed by atoms with van der Waals surface area (Å²) in [6.45, 7) is 2.30. The molecule has 2 aromatic rings. The molecule has 2 fully saturated rings. The molecule has 0 unspecified atom stereocenters. The Morgan fingerprint density at radius 3 is 2.81 bits per heavy atom. The highest BCUT2D eigenvalue weighted by molar-refractivity contribution is 5.21. The number of hydrogen-bond donors (Lipinski definition) is 1. The van der Waals surface area contributed by atoms with Crippen LogP contribution in [0.1, 0.15) is 56.2 Å². The van der Waals surface area contributed by atoms with Crippen LogP contribution in [0.3, 0.4) is 0 Å². The van der Waals surface area contributed by atoms with Crippen molar-refractivity contribution in [2.45, 2.75) is 62.5 Å². The Bertz CT molecular complexity index is 748. The van der Waals surface area contributed by atoms with Crippen molar-refractivity contribution in [3.8, 4) is 0 Å². The minimum absolute atomic E-state index is 0.0439. The number of pyridine rings is 2. The van der Waals surface area contributed by atoms with Crippen molar-refractivity contribution < 1.29 is 9.13 Å². The highest BCUT2D eigenvalue weighted by atomic mass is 19.1. The lowest BCUT2D eigenvalue weighted by molar-refractivity contribution is -0.104. The summed E-state index contributed by atoms with van der Waals surface area (Å²) in [6.07, 6.45) is 12.8. The van der Waals surface area contributed by atoms with Gasteiger partial charge < -0.3 is 10.1 Å². The van der Waals surface area contributed by atoms with Crippen molar-refractivity contribution in [2.24, 2.45) is 0 Å². The molecule has 1 saturated heterocycles. The molecule has 0 aromatic carbocycles. The van der Waals surface area contributed by atoms with Crippen molar-refractivity contribution in [3.63, 3.8) is 0 Å². The van der Waals surface area contributed by atoms with Crippen molar-refractivity contribution >= 4 is 0 Å². The Hall–Kier alpha value is -1.85. The van der Waals surface area contributed by atoms with Gasteiger partial charge >= 0.3 is 0 Å². The molecule has 0 radical (unpaired) electrons. The van der Waals surface area contributed by atoms with Crippen LogP contribution in [-0.2, 0) is 16.7 Å². The molecule has 2 aromatic heterocycles. The molecule has 1 aliphatic heterocycles. The molecular formula is C22H28FN3O. The number of halogens is 1. The Kier molecular flexibility index (Phi) is 5.50. The average molecular weight is 369 g/mol. The summed E-state index contributed by atoms with van der Waals surface area (Å²) < 4.78 is 19.6. The first kappa shape index (κ1) is 18.5. The third-order valence-corrected chi connectivity index (χ3v) is 6.24. The molecule has 4 nitrogen and oxygen atoms in total. The van der Waals surface area contributed by atoms with Crippen molar-refractivity contribution in [1.29, 1.82) is 0 Å². The number of hydrogen-bond acceptors (Lipinski definition) is 4. The summed E-state index contributed by atoms with van der Waals surface area (Å²) in [4.78, 5) is 8.66. The standard InChI is InChI=1S/C22H28FN3O/c23-19-13-18(15-25-16-19)14-24-11-8-21(20-5-1-4-10-26-20)9-12-27-22(17-21)6-2-3-7-22/h1,4-5,10,13,15-16,24H,2-3,6-9,11-12,14,17H2/t21-/m1/s1. The molecule has 27 heavy (non-hydrogen) atoms. The maximum Gasteiger partial charge on any atom is 0.141 e. The van der Waals surface area contributed by atoms with Gasteiger partial charge in [0, 0.05) is 36.7 Å². The maximum atomic E-state index is 13.3. The third kappa shape index (κ3) is 4.19. The molecule has 0 amide bonds. The molecule has 5 heteroatoms. The van der Waals surface area contributed by atoms with Gasteiger partial charge in [-0.2, -0.15) is 0 Å². The van der Waals surface area contributed by atoms with Crippen molar-refractivity contribution in [3.05, 3.63) is 59.9 Å². The topological polar surface area (TPSA) is 47.0 Å². The van der Waals surface area contributed by atoms with Crippen LogP contribution in [-0.4, -0.2) is 28.7 Å². The minimum Gasteiger partial charge on any atom is -0.375 e. The van der Waals surface area contributed by atoms with Gasteiger partial charge in [0.2, 0.25) is 0 Å². The van der Waals surface area contributed by atoms with E-state index in [2.05, 4.69) is 22.4 Å². The van der Waals surface area contributed by atoms with E-state index in [-0.39, 0.29) is 16.8 Å². The van der Waals surface area contributed by atoms with E-state index in [4.69, 9.17) is 9.72 Å². The first-order valence-corrected chi connectivity index (χ1v) is 10.1. The van der Waals surface area contributed by atoms with Gasteiger partial charge in [-0.1, -0.05) is 18.9 Å². The summed E-state index contributed by atoms with van der Waals surface area (Å²) >= 11 is 0. The normalized spacial score (nSPS) is 24.3. The lowest BCUT2D eigenvalue weighted by Crippen LogP contribution is -2.47. The molecule has 0 bridgehead atoms. The van der Waals surface area contributed by atoms with Crippen LogP contribution in [0.25, 0.3) is 0 Å². The van der Waals surface area contributed by atoms with E-state index >= 15 is 0 Å². The van der Waals surface area contributed by atoms with Gasteiger partial charge in [-0.05, 0) is 62.4 Å². The number of aromatic nitrogens is 2. The second-order valence-electron chi connectivity index (χ2n) is 8.10. The number of nitrogens with one attached hydrogen (secondary N) is 1. The molecular weight excluding hydrogens is 341 g/mol. The fourth-order valence-electron chi connectivity index (χ4n) is 4.91. The molecule has 144 valence electrons. The van der Waals surface area contributed by atoms with Crippen molar-refractivity contribution in [2.75, 3.05) is 13.2 Å². The van der Waals surface area contributed by atoms with Crippen LogP contribution in [0.5, 0.6) is 0 Å². The molecule has 1 N–H and O–H groups in total. The zero-order valence-corrected chi connectivity index (χ0v) is 15.8. The zero-order chi connectivity index (χ0) is 18.6. The van der Waals surface area contributed by atoms with Crippen LogP contribution in [0.2, 0.25) is 0 Å². The molecule has 3 heterocycles. The second-order valence-corrected chi connectivity index (χ2v) is 8.10. The van der Waals surface area contributed by atoms with E-state index < -0.39 is 0 Å². The van der Waals surface area contributed by atoms with E-state index in [0.717, 1.165) is 38.0 Å². The second kappa shape index (κ2) is 8.03. The van der Waals surface area contributed by atoms with Crippen LogP contribution in [0.4, 0.5) is 4.39 Å². The first-order valence-electron chi connectivity index (χ1n) is 10.1. The van der Waals surface area contributed by atoms with Crippen molar-refractivity contribution in [1.82, 2.24) is 15.3 Å². The highest BCUT2D eigenvalue weighted by Gasteiger charge is 2.48. The lowest BCUT2D eigenvalue weighted by Gasteiger charge is -2.46. The highest BCUT2D eigenvalue weighted by Crippen LogP contribution is 2.49. The fraction of sp³-hybridized carbons (Fsp3) is 0.545. The fourth-order valence-corrected chi connectivity index (χ4v) is 4.91. The molecule has 2 aliphatic rings. The molecule has 1 atom stereocenters. The summed E-state index contributed by atoms with van der Waals surface area (Å²) in [6, 6.07) is 7.78. The number of ether oxygens (including phenoxy) is 1. The van der Waals surface area contributed by atoms with Gasteiger partial charge in [0.25, 0.3) is 0 Å². The van der Waals surface area contributed by atoms with E-state index in [1.54, 1.807) is 6.20 Å². The molecule has 1 saturated carbocycles. The SMILES string of the molecule is Fc1cncc(CNCC[C@@]2(c3ccccn3)CCOC3(CCCC3)C2)c1. The first-order chi connectivity index (χ1) is 13.2. The third-order valence-electron chi connectivity index (χ3n) is 6.24. The molecule has 4 rings (SSSR count). The maximum absolute atomic E-state index is 13.3. The predicted molar refractivity (Wildman–Crippen MR) is 103 cm³/mol. The van der Waals surface area contributed by atoms with Gasteiger partial charge in [-0.25, -0.2) is 4.39 Å². The lowest BCUT2D eigenvalue weighted by atomic mass is 9.68. The van der Waals surface area contributed by atoms with Crippen LogP contribution < -0.4 is 5.32 Å². The molecule has 1 aliphatic carbocycles. The predicted octanol–water partition coefficient (Wildman–Crippen LogP) is 4.16. The van der Waals surface area contributed by atoms with Gasteiger partial charge in [0.1, 0.15) is 5.82 Å². The summed E-state index contributed by atoms with van der Waals surface area (Å²) in [5.74, 6) is -0.285. The smallest absolute Gasteiger partial charge is 0.141 e. The summed E-state index contributed by atoms with van der Waals surface area (Å²) in [5.41, 5.74) is 2.16. The van der Waals surface area contributed by atoms with E-state index in [0.29, 0.717) is 6.54 Å². The van der Waals surface area contributed by atoms with Crippen LogP contribution in [0.15, 0.2) is 42.9 Å². The number of nitrogens with zero attached hydrogens (tertiary/aromatic N) is 2. The minimum atomic E-state index is -0.285. The summed E-state index contributed by atoms with van der Waals surface area (Å²) in [5, 5.41) is 3.47. The monoisotopic (exact) mass is 369 g/mol. The Balaban J connectivity index is 1.45. The van der Waals surface area contributed by atoms with E-state index in [1.165, 1.54) is 43.6 Å². The Labute approximate surface area is 160 Å². The zero-order valence-electron chi connectivity index (χ0n) is 15.8. The van der Waals surface area contributed by atoms with E-state index in [9.17, 15) is 4.39 Å². The Morgan fingerprint density at radius 1 is 1.15 bits per heavy atom. The summed E-state index contributed by atoms with van der Waals surface area (Å²) in [7, 11) is 0. The molecule has 1 spiro atoms. The average Bonchev–Trinajstić information content (AvgIpc) is 3.13. The van der Waals surface area contributed by atoms with Crippen LogP contribution in [0, 0.1) is 5.82 Å². The van der Waals surface area contributed by atoms with Crippen LogP contribution >= 0.6 is 0 Å². The quantitative estimate of drug-likeness (QED) is 0.777. The van der Waals surface area contributed by atoms with E-state index in [1.807, 2.05) is 12.3 Å². The Morgan fingerprint density at radius 2 is 2.04 bits per heavy atom. The number of rotatable bonds is 6. The van der Waals surface area contributed by atoms with Gasteiger partial charge in [0.15, 0.2) is 0 Å². The van der Waals surface area contributed by atoms with Gasteiger partial charge in [0.05, 0.1) is 11.8 Å².